The van der Waals surface area contributed by atoms with Crippen molar-refractivity contribution in [2.75, 3.05) is 7.11 Å². The molecule has 4 nitrogen and oxygen atoms in total. The van der Waals surface area contributed by atoms with Gasteiger partial charge in [0.15, 0.2) is 0 Å². The highest BCUT2D eigenvalue weighted by molar-refractivity contribution is 5.90. The van der Waals surface area contributed by atoms with Gasteiger partial charge in [-0.2, -0.15) is 13.2 Å². The van der Waals surface area contributed by atoms with Crippen molar-refractivity contribution in [3.05, 3.63) is 82.5 Å². The third-order valence-electron chi connectivity index (χ3n) is 5.40. The van der Waals surface area contributed by atoms with Crippen molar-refractivity contribution in [3.8, 4) is 17.0 Å². The van der Waals surface area contributed by atoms with Crippen LogP contribution < -0.4 is 4.74 Å². The van der Waals surface area contributed by atoms with Crippen molar-refractivity contribution in [3.63, 3.8) is 0 Å². The van der Waals surface area contributed by atoms with Crippen LogP contribution in [0.1, 0.15) is 51.4 Å². The van der Waals surface area contributed by atoms with E-state index < -0.39 is 17.7 Å². The number of methoxy groups -OCH3 is 1. The van der Waals surface area contributed by atoms with Crippen LogP contribution in [-0.2, 0) is 12.6 Å². The quantitative estimate of drug-likeness (QED) is 0.529. The zero-order valence-electron chi connectivity index (χ0n) is 16.7. The molecule has 0 radical (unpaired) electrons. The van der Waals surface area contributed by atoms with E-state index in [1.807, 2.05) is 6.07 Å². The van der Waals surface area contributed by atoms with Gasteiger partial charge in [-0.1, -0.05) is 24.3 Å². The predicted molar refractivity (Wildman–Crippen MR) is 109 cm³/mol. The maximum atomic E-state index is 13.8. The molecule has 3 aromatic rings. The van der Waals surface area contributed by atoms with Crippen molar-refractivity contribution in [1.29, 1.82) is 0 Å². The topological polar surface area (TPSA) is 59.4 Å². The smallest absolute Gasteiger partial charge is 0.418 e. The highest BCUT2D eigenvalue weighted by Crippen LogP contribution is 2.41. The van der Waals surface area contributed by atoms with Crippen LogP contribution in [0.5, 0.6) is 5.75 Å². The summed E-state index contributed by atoms with van der Waals surface area (Å²) in [5.41, 5.74) is 1.06. The Bertz CT molecular complexity index is 1140. The van der Waals surface area contributed by atoms with Gasteiger partial charge in [0.2, 0.25) is 0 Å². The third kappa shape index (κ3) is 4.55. The highest BCUT2D eigenvalue weighted by atomic mass is 19.4. The lowest BCUT2D eigenvalue weighted by atomic mass is 9.95. The van der Waals surface area contributed by atoms with E-state index in [-0.39, 0.29) is 17.7 Å². The Kier molecular flexibility index (Phi) is 5.43. The Hall–Kier alpha value is -3.35. The zero-order chi connectivity index (χ0) is 22.2. The summed E-state index contributed by atoms with van der Waals surface area (Å²) in [6.45, 7) is 0. The molecule has 1 heterocycles. The molecule has 0 unspecified atom stereocenters. The molecule has 1 fully saturated rings. The number of carboxylic acids is 1. The number of pyridine rings is 1. The molecule has 160 valence electrons. The molecule has 2 aromatic carbocycles. The first-order valence-corrected chi connectivity index (χ1v) is 9.83. The molecule has 1 aliphatic rings. The maximum Gasteiger partial charge on any atom is 0.418 e. The van der Waals surface area contributed by atoms with Crippen molar-refractivity contribution >= 4 is 5.97 Å². The van der Waals surface area contributed by atoms with Crippen LogP contribution in [0.25, 0.3) is 11.3 Å². The van der Waals surface area contributed by atoms with Gasteiger partial charge in [0, 0.05) is 11.8 Å². The lowest BCUT2D eigenvalue weighted by molar-refractivity contribution is -0.137. The Labute approximate surface area is 177 Å². The predicted octanol–water partition coefficient (Wildman–Crippen LogP) is 5.94. The number of hydrogen-bond donors (Lipinski definition) is 1. The number of halogens is 3. The summed E-state index contributed by atoms with van der Waals surface area (Å²) in [6.07, 6.45) is -1.15. The second-order valence-corrected chi connectivity index (χ2v) is 7.64. The average molecular weight is 427 g/mol. The Morgan fingerprint density at radius 2 is 1.94 bits per heavy atom. The molecule has 0 amide bonds. The maximum absolute atomic E-state index is 13.8. The van der Waals surface area contributed by atoms with Crippen molar-refractivity contribution in [2.45, 2.75) is 31.4 Å². The zero-order valence-corrected chi connectivity index (χ0v) is 16.7. The molecule has 0 spiro atoms. The van der Waals surface area contributed by atoms with E-state index in [2.05, 4.69) is 4.98 Å². The number of alkyl halides is 3. The van der Waals surface area contributed by atoms with Gasteiger partial charge in [-0.25, -0.2) is 4.79 Å². The van der Waals surface area contributed by atoms with Gasteiger partial charge in [-0.05, 0) is 66.1 Å². The number of nitrogens with zero attached hydrogens (tertiary/aromatic N) is 1. The average Bonchev–Trinajstić information content (AvgIpc) is 3.58. The van der Waals surface area contributed by atoms with Crippen LogP contribution in [0.15, 0.2) is 54.7 Å². The fourth-order valence-corrected chi connectivity index (χ4v) is 3.66. The Morgan fingerprint density at radius 3 is 2.58 bits per heavy atom. The summed E-state index contributed by atoms with van der Waals surface area (Å²) >= 11 is 0. The third-order valence-corrected chi connectivity index (χ3v) is 5.40. The van der Waals surface area contributed by atoms with E-state index >= 15 is 0 Å². The summed E-state index contributed by atoms with van der Waals surface area (Å²) in [5.74, 6) is -0.277. The summed E-state index contributed by atoms with van der Waals surface area (Å²) in [6, 6.07) is 12.5. The fraction of sp³-hybridized carbons (Fsp3) is 0.250. The first kappa shape index (κ1) is 20.9. The molecule has 0 bridgehead atoms. The van der Waals surface area contributed by atoms with Gasteiger partial charge in [0.25, 0.3) is 0 Å². The monoisotopic (exact) mass is 427 g/mol. The van der Waals surface area contributed by atoms with E-state index in [0.717, 1.165) is 24.5 Å². The van der Waals surface area contributed by atoms with Crippen LogP contribution in [0, 0.1) is 0 Å². The van der Waals surface area contributed by atoms with Gasteiger partial charge in [-0.3, -0.25) is 4.98 Å². The van der Waals surface area contributed by atoms with Crippen molar-refractivity contribution in [1.82, 2.24) is 4.98 Å². The normalized spacial score (nSPS) is 13.8. The molecule has 4 rings (SSSR count). The van der Waals surface area contributed by atoms with Crippen LogP contribution in [0.4, 0.5) is 13.2 Å². The van der Waals surface area contributed by atoms with Gasteiger partial charge < -0.3 is 9.84 Å². The molecule has 1 saturated carbocycles. The second-order valence-electron chi connectivity index (χ2n) is 7.64. The number of aromatic carboxylic acids is 1. The van der Waals surface area contributed by atoms with Crippen LogP contribution in [-0.4, -0.2) is 23.2 Å². The molecule has 1 aliphatic carbocycles. The van der Waals surface area contributed by atoms with Crippen molar-refractivity contribution in [2.24, 2.45) is 0 Å². The molecule has 1 N–H and O–H groups in total. The molecule has 1 aromatic heterocycles. The fourth-order valence-electron chi connectivity index (χ4n) is 3.66. The Balaban J connectivity index is 1.73. The minimum atomic E-state index is -4.62. The number of aromatic nitrogens is 1. The molecule has 7 heteroatoms. The van der Waals surface area contributed by atoms with Crippen molar-refractivity contribution < 1.29 is 27.8 Å². The number of benzene rings is 2. The largest absolute Gasteiger partial charge is 0.497 e. The minimum absolute atomic E-state index is 0.0427. The van der Waals surface area contributed by atoms with Crippen LogP contribution in [0.3, 0.4) is 0 Å². The lowest BCUT2D eigenvalue weighted by Gasteiger charge is -2.15. The van der Waals surface area contributed by atoms with Crippen LogP contribution in [0.2, 0.25) is 0 Å². The van der Waals surface area contributed by atoms with E-state index in [1.54, 1.807) is 30.3 Å². The standard InChI is InChI=1S/C24H20F3NO3/c1-31-19-4-2-3-18(11-19)22-21(24(25,26)27)10-14(13-28-22)9-17-8-7-16(15-5-6-15)12-20(17)23(29)30/h2-4,7-8,10-13,15H,5-6,9H2,1H3,(H,29,30). The number of carbonyl (C=O) groups is 1. The Morgan fingerprint density at radius 1 is 1.16 bits per heavy atom. The van der Waals surface area contributed by atoms with E-state index in [4.69, 9.17) is 4.74 Å². The summed E-state index contributed by atoms with van der Waals surface area (Å²) in [4.78, 5) is 15.8. The first-order valence-electron chi connectivity index (χ1n) is 9.83. The van der Waals surface area contributed by atoms with E-state index in [9.17, 15) is 23.1 Å². The minimum Gasteiger partial charge on any atom is -0.497 e. The molecule has 31 heavy (non-hydrogen) atoms. The lowest BCUT2D eigenvalue weighted by Crippen LogP contribution is -2.10. The molecule has 0 atom stereocenters. The number of hydrogen-bond acceptors (Lipinski definition) is 3. The SMILES string of the molecule is COc1cccc(-c2ncc(Cc3ccc(C4CC4)cc3C(=O)O)cc2C(F)(F)F)c1. The highest BCUT2D eigenvalue weighted by Gasteiger charge is 2.35. The summed E-state index contributed by atoms with van der Waals surface area (Å²) < 4.78 is 46.6. The first-order chi connectivity index (χ1) is 14.8. The van der Waals surface area contributed by atoms with Gasteiger partial charge in [-0.15, -0.1) is 0 Å². The number of carboxylic acid groups (broad SMARTS) is 1. The molecular formula is C24H20F3NO3. The summed E-state index contributed by atoms with van der Waals surface area (Å²) in [5, 5.41) is 9.59. The van der Waals surface area contributed by atoms with Gasteiger partial charge in [0.05, 0.1) is 23.9 Å². The van der Waals surface area contributed by atoms with E-state index in [0.29, 0.717) is 28.4 Å². The van der Waals surface area contributed by atoms with E-state index in [1.165, 1.54) is 19.4 Å². The molecule has 0 saturated heterocycles. The van der Waals surface area contributed by atoms with Gasteiger partial charge >= 0.3 is 12.1 Å². The second kappa shape index (κ2) is 8.06. The molecule has 0 aliphatic heterocycles. The number of rotatable bonds is 6. The van der Waals surface area contributed by atoms with Gasteiger partial charge in [0.1, 0.15) is 5.75 Å². The summed E-state index contributed by atoms with van der Waals surface area (Å²) in [7, 11) is 1.44. The molecular weight excluding hydrogens is 407 g/mol. The van der Waals surface area contributed by atoms with Crippen LogP contribution >= 0.6 is 0 Å². The number of ether oxygens (including phenoxy) is 1.